The number of sulfonamides is 1. The van der Waals surface area contributed by atoms with E-state index in [1.165, 1.54) is 6.07 Å². The molecule has 0 saturated carbocycles. The third-order valence-electron chi connectivity index (χ3n) is 4.86. The lowest BCUT2D eigenvalue weighted by atomic mass is 10.0. The number of piperazine rings is 1. The van der Waals surface area contributed by atoms with Gasteiger partial charge in [-0.15, -0.1) is 0 Å². The first-order valence-corrected chi connectivity index (χ1v) is 10.0. The van der Waals surface area contributed by atoms with E-state index >= 15 is 0 Å². The van der Waals surface area contributed by atoms with Crippen LogP contribution in [-0.4, -0.2) is 40.0 Å². The standard InChI is InChI=1S/C18H20N4O3S/c19-26(24,25)17-4-2-1-3-14(17)12-5-6-16-15(9-12)21-18(23)10-13-11-20-7-8-22(13)16/h1-6,9,13,20H,7-8,10-11H2,(H,21,23)(H2,19,24,25). The maximum Gasteiger partial charge on any atom is 0.238 e. The van der Waals surface area contributed by atoms with Crippen LogP contribution in [0.2, 0.25) is 0 Å². The summed E-state index contributed by atoms with van der Waals surface area (Å²) in [6, 6.07) is 12.4. The number of anilines is 2. The van der Waals surface area contributed by atoms with Crippen LogP contribution in [-0.2, 0) is 14.8 Å². The molecule has 0 bridgehead atoms. The average Bonchev–Trinajstić information content (AvgIpc) is 2.75. The van der Waals surface area contributed by atoms with E-state index in [-0.39, 0.29) is 16.8 Å². The van der Waals surface area contributed by atoms with Crippen LogP contribution < -0.4 is 20.7 Å². The highest BCUT2D eigenvalue weighted by Gasteiger charge is 2.30. The second-order valence-corrected chi connectivity index (χ2v) is 8.11. The Kier molecular flexibility index (Phi) is 4.18. The molecule has 26 heavy (non-hydrogen) atoms. The number of nitrogens with zero attached hydrogens (tertiary/aromatic N) is 1. The highest BCUT2D eigenvalue weighted by atomic mass is 32.2. The van der Waals surface area contributed by atoms with Gasteiger partial charge in [-0.1, -0.05) is 24.3 Å². The minimum Gasteiger partial charge on any atom is -0.364 e. The molecule has 8 heteroatoms. The minimum atomic E-state index is -3.85. The third-order valence-corrected chi connectivity index (χ3v) is 5.82. The SMILES string of the molecule is NS(=O)(=O)c1ccccc1-c1ccc2c(c1)NC(=O)CC1CNCCN21. The highest BCUT2D eigenvalue weighted by molar-refractivity contribution is 7.89. The first-order valence-electron chi connectivity index (χ1n) is 8.47. The van der Waals surface area contributed by atoms with E-state index in [4.69, 9.17) is 5.14 Å². The van der Waals surface area contributed by atoms with E-state index in [2.05, 4.69) is 15.5 Å². The lowest BCUT2D eigenvalue weighted by Crippen LogP contribution is -2.51. The van der Waals surface area contributed by atoms with Crippen LogP contribution in [0.5, 0.6) is 0 Å². The first-order chi connectivity index (χ1) is 12.4. The van der Waals surface area contributed by atoms with Crippen LogP contribution in [0.1, 0.15) is 6.42 Å². The molecule has 4 rings (SSSR count). The fourth-order valence-electron chi connectivity index (χ4n) is 3.68. The molecule has 7 nitrogen and oxygen atoms in total. The van der Waals surface area contributed by atoms with E-state index in [1.807, 2.05) is 18.2 Å². The molecule has 2 aromatic rings. The zero-order valence-corrected chi connectivity index (χ0v) is 14.9. The van der Waals surface area contributed by atoms with E-state index in [9.17, 15) is 13.2 Å². The molecule has 1 amide bonds. The number of primary sulfonamides is 1. The summed E-state index contributed by atoms with van der Waals surface area (Å²) in [5.41, 5.74) is 2.87. The zero-order chi connectivity index (χ0) is 18.3. The maximum atomic E-state index is 12.3. The molecule has 4 N–H and O–H groups in total. The highest BCUT2D eigenvalue weighted by Crippen LogP contribution is 2.37. The Hall–Kier alpha value is -2.42. The van der Waals surface area contributed by atoms with Gasteiger partial charge in [-0.25, -0.2) is 13.6 Å². The van der Waals surface area contributed by atoms with Gasteiger partial charge in [0.15, 0.2) is 0 Å². The molecule has 2 aromatic carbocycles. The fourth-order valence-corrected chi connectivity index (χ4v) is 4.44. The van der Waals surface area contributed by atoms with Crippen LogP contribution in [0.25, 0.3) is 11.1 Å². The van der Waals surface area contributed by atoms with Crippen molar-refractivity contribution in [2.75, 3.05) is 29.9 Å². The number of benzene rings is 2. The summed E-state index contributed by atoms with van der Waals surface area (Å²) in [5, 5.41) is 11.6. The fraction of sp³-hybridized carbons (Fsp3) is 0.278. The molecule has 136 valence electrons. The van der Waals surface area contributed by atoms with Crippen molar-refractivity contribution >= 4 is 27.3 Å². The summed E-state index contributed by atoms with van der Waals surface area (Å²) in [7, 11) is -3.85. The first kappa shape index (κ1) is 17.0. The van der Waals surface area contributed by atoms with Crippen molar-refractivity contribution in [2.45, 2.75) is 17.4 Å². The number of carbonyl (C=O) groups excluding carboxylic acids is 1. The van der Waals surface area contributed by atoms with Crippen molar-refractivity contribution in [3.05, 3.63) is 42.5 Å². The topological polar surface area (TPSA) is 105 Å². The van der Waals surface area contributed by atoms with Gasteiger partial charge in [0.2, 0.25) is 15.9 Å². The molecule has 2 heterocycles. The lowest BCUT2D eigenvalue weighted by Gasteiger charge is -2.36. The number of hydrogen-bond acceptors (Lipinski definition) is 5. The molecule has 0 aromatic heterocycles. The number of nitrogens with two attached hydrogens (primary N) is 1. The second kappa shape index (κ2) is 6.39. The van der Waals surface area contributed by atoms with Gasteiger partial charge >= 0.3 is 0 Å². The normalized spacial score (nSPS) is 20.0. The van der Waals surface area contributed by atoms with Crippen LogP contribution in [0.15, 0.2) is 47.4 Å². The van der Waals surface area contributed by atoms with Crippen molar-refractivity contribution in [3.63, 3.8) is 0 Å². The van der Waals surface area contributed by atoms with Crippen molar-refractivity contribution in [1.82, 2.24) is 5.32 Å². The minimum absolute atomic E-state index is 0.0423. The number of amides is 1. The molecule has 0 aliphatic carbocycles. The van der Waals surface area contributed by atoms with Gasteiger partial charge in [-0.2, -0.15) is 0 Å². The Balaban J connectivity index is 1.83. The number of hydrogen-bond donors (Lipinski definition) is 3. The predicted molar refractivity (Wildman–Crippen MR) is 101 cm³/mol. The third kappa shape index (κ3) is 3.07. The molecule has 0 radical (unpaired) electrons. The predicted octanol–water partition coefficient (Wildman–Crippen LogP) is 1.12. The van der Waals surface area contributed by atoms with Crippen molar-refractivity contribution in [2.24, 2.45) is 5.14 Å². The van der Waals surface area contributed by atoms with Crippen molar-refractivity contribution in [1.29, 1.82) is 0 Å². The quantitative estimate of drug-likeness (QED) is 0.733. The molecule has 1 fully saturated rings. The van der Waals surface area contributed by atoms with Gasteiger partial charge in [0.1, 0.15) is 0 Å². The molecule has 0 spiro atoms. The summed E-state index contributed by atoms with van der Waals surface area (Å²) in [6.45, 7) is 2.45. The lowest BCUT2D eigenvalue weighted by molar-refractivity contribution is -0.116. The van der Waals surface area contributed by atoms with E-state index in [0.717, 1.165) is 25.3 Å². The molecule has 2 aliphatic rings. The Bertz CT molecular complexity index is 974. The molecular formula is C18H20N4O3S. The van der Waals surface area contributed by atoms with Gasteiger partial charge in [0.25, 0.3) is 0 Å². The Morgan fingerprint density at radius 3 is 2.77 bits per heavy atom. The van der Waals surface area contributed by atoms with Crippen LogP contribution in [0.3, 0.4) is 0 Å². The molecule has 2 aliphatic heterocycles. The van der Waals surface area contributed by atoms with E-state index in [1.54, 1.807) is 18.2 Å². The van der Waals surface area contributed by atoms with Gasteiger partial charge in [-0.05, 0) is 23.8 Å². The smallest absolute Gasteiger partial charge is 0.238 e. The summed E-state index contributed by atoms with van der Waals surface area (Å²) in [4.78, 5) is 14.6. The van der Waals surface area contributed by atoms with E-state index < -0.39 is 10.0 Å². The number of nitrogens with one attached hydrogen (secondary N) is 2. The summed E-state index contributed by atoms with van der Waals surface area (Å²) in [5.74, 6) is -0.0423. The number of fused-ring (bicyclic) bond motifs is 3. The summed E-state index contributed by atoms with van der Waals surface area (Å²) in [6.07, 6.45) is 0.421. The average molecular weight is 372 g/mol. The van der Waals surface area contributed by atoms with Crippen LogP contribution in [0.4, 0.5) is 11.4 Å². The number of rotatable bonds is 2. The van der Waals surface area contributed by atoms with Gasteiger partial charge in [-0.3, -0.25) is 4.79 Å². The van der Waals surface area contributed by atoms with Gasteiger partial charge in [0.05, 0.1) is 22.3 Å². The van der Waals surface area contributed by atoms with Gasteiger partial charge < -0.3 is 15.5 Å². The Morgan fingerprint density at radius 1 is 1.15 bits per heavy atom. The molecule has 1 atom stereocenters. The van der Waals surface area contributed by atoms with Gasteiger partial charge in [0, 0.05) is 31.6 Å². The maximum absolute atomic E-state index is 12.3. The zero-order valence-electron chi connectivity index (χ0n) is 14.1. The van der Waals surface area contributed by atoms with Crippen LogP contribution >= 0.6 is 0 Å². The second-order valence-electron chi connectivity index (χ2n) is 6.58. The summed E-state index contributed by atoms with van der Waals surface area (Å²) < 4.78 is 23.8. The molecule has 1 saturated heterocycles. The molecule has 1 unspecified atom stereocenters. The van der Waals surface area contributed by atoms with Crippen molar-refractivity contribution in [3.8, 4) is 11.1 Å². The number of carbonyl (C=O) groups is 1. The van der Waals surface area contributed by atoms with Crippen LogP contribution in [0, 0.1) is 0 Å². The van der Waals surface area contributed by atoms with E-state index in [0.29, 0.717) is 23.2 Å². The monoisotopic (exact) mass is 372 g/mol. The molecular weight excluding hydrogens is 352 g/mol. The Labute approximate surface area is 152 Å². The Morgan fingerprint density at radius 2 is 1.96 bits per heavy atom. The summed E-state index contributed by atoms with van der Waals surface area (Å²) >= 11 is 0. The van der Waals surface area contributed by atoms with Crippen molar-refractivity contribution < 1.29 is 13.2 Å². The largest absolute Gasteiger partial charge is 0.364 e.